The molecule has 0 saturated carbocycles. The van der Waals surface area contributed by atoms with Gasteiger partial charge >= 0.3 is 0 Å². The number of aryl methyl sites for hydroxylation is 2. The van der Waals surface area contributed by atoms with Crippen LogP contribution in [-0.4, -0.2) is 22.9 Å². The van der Waals surface area contributed by atoms with Gasteiger partial charge in [0, 0.05) is 24.5 Å². The quantitative estimate of drug-likeness (QED) is 0.694. The van der Waals surface area contributed by atoms with Gasteiger partial charge in [-0.15, -0.1) is 0 Å². The third-order valence-corrected chi connectivity index (χ3v) is 4.68. The molecule has 5 heteroatoms. The van der Waals surface area contributed by atoms with E-state index in [1.807, 2.05) is 43.3 Å². The zero-order valence-electron chi connectivity index (χ0n) is 15.8. The van der Waals surface area contributed by atoms with Crippen LogP contribution < -0.4 is 15.8 Å². The average molecular weight is 350 g/mol. The van der Waals surface area contributed by atoms with Gasteiger partial charge in [-0.05, 0) is 63.6 Å². The molecule has 26 heavy (non-hydrogen) atoms. The summed E-state index contributed by atoms with van der Waals surface area (Å²) in [4.78, 5) is 15.1. The summed E-state index contributed by atoms with van der Waals surface area (Å²) in [5, 5.41) is 6.47. The fourth-order valence-corrected chi connectivity index (χ4v) is 3.16. The summed E-state index contributed by atoms with van der Waals surface area (Å²) in [6.45, 7) is 10.2. The summed E-state index contributed by atoms with van der Waals surface area (Å²) in [6.07, 6.45) is 0. The van der Waals surface area contributed by atoms with Gasteiger partial charge in [0.25, 0.3) is 5.56 Å². The van der Waals surface area contributed by atoms with E-state index in [4.69, 9.17) is 0 Å². The maximum absolute atomic E-state index is 12.8. The summed E-state index contributed by atoms with van der Waals surface area (Å²) < 4.78 is 1.57. The molecule has 0 unspecified atom stereocenters. The summed E-state index contributed by atoms with van der Waals surface area (Å²) in [7, 11) is 0. The second kappa shape index (κ2) is 7.52. The van der Waals surface area contributed by atoms with Crippen LogP contribution in [-0.2, 0) is 0 Å². The van der Waals surface area contributed by atoms with E-state index in [-0.39, 0.29) is 5.56 Å². The predicted octanol–water partition coefficient (Wildman–Crippen LogP) is 4.37. The Kier molecular flexibility index (Phi) is 5.16. The van der Waals surface area contributed by atoms with E-state index in [1.165, 1.54) is 5.69 Å². The summed E-state index contributed by atoms with van der Waals surface area (Å²) in [5.41, 5.74) is 5.38. The standard InChI is InChI=1S/C21H26N4O/c1-5-24(6-2)18-12-13-19(15(3)14-18)22-20-16(4)23-25(21(20)26)17-10-8-7-9-11-17/h7-14,22-23H,5-6H2,1-4H3. The van der Waals surface area contributed by atoms with Crippen molar-refractivity contribution in [2.24, 2.45) is 0 Å². The lowest BCUT2D eigenvalue weighted by molar-refractivity contribution is 0.835. The van der Waals surface area contributed by atoms with Gasteiger partial charge in [-0.25, -0.2) is 4.68 Å². The highest BCUT2D eigenvalue weighted by atomic mass is 16.1. The molecule has 2 aromatic carbocycles. The minimum Gasteiger partial charge on any atom is -0.372 e. The summed E-state index contributed by atoms with van der Waals surface area (Å²) >= 11 is 0. The Balaban J connectivity index is 1.93. The van der Waals surface area contributed by atoms with Gasteiger partial charge in [-0.3, -0.25) is 9.89 Å². The van der Waals surface area contributed by atoms with Crippen LogP contribution in [0, 0.1) is 13.8 Å². The van der Waals surface area contributed by atoms with Crippen LogP contribution in [0.2, 0.25) is 0 Å². The fraction of sp³-hybridized carbons (Fsp3) is 0.286. The van der Waals surface area contributed by atoms with Crippen LogP contribution in [0.15, 0.2) is 53.3 Å². The van der Waals surface area contributed by atoms with Crippen LogP contribution in [0.25, 0.3) is 5.69 Å². The lowest BCUT2D eigenvalue weighted by Gasteiger charge is -2.22. The molecule has 0 saturated heterocycles. The Hall–Kier alpha value is -2.95. The number of hydrogen-bond acceptors (Lipinski definition) is 3. The van der Waals surface area contributed by atoms with Crippen LogP contribution in [0.1, 0.15) is 25.1 Å². The smallest absolute Gasteiger partial charge is 0.295 e. The molecule has 0 atom stereocenters. The average Bonchev–Trinajstić information content (AvgIpc) is 2.93. The number of hydrogen-bond donors (Lipinski definition) is 2. The first-order valence-corrected chi connectivity index (χ1v) is 9.04. The number of anilines is 3. The highest BCUT2D eigenvalue weighted by Crippen LogP contribution is 2.25. The minimum absolute atomic E-state index is 0.0825. The van der Waals surface area contributed by atoms with Crippen molar-refractivity contribution in [1.29, 1.82) is 0 Å². The first-order chi connectivity index (χ1) is 12.5. The van der Waals surface area contributed by atoms with Crippen molar-refractivity contribution in [2.45, 2.75) is 27.7 Å². The number of benzene rings is 2. The number of nitrogens with one attached hydrogen (secondary N) is 2. The first-order valence-electron chi connectivity index (χ1n) is 9.04. The molecule has 5 nitrogen and oxygen atoms in total. The van der Waals surface area contributed by atoms with E-state index in [9.17, 15) is 4.79 Å². The fourth-order valence-electron chi connectivity index (χ4n) is 3.16. The third kappa shape index (κ3) is 3.38. The van der Waals surface area contributed by atoms with Crippen molar-refractivity contribution in [2.75, 3.05) is 23.3 Å². The van der Waals surface area contributed by atoms with Gasteiger partial charge in [0.15, 0.2) is 0 Å². The van der Waals surface area contributed by atoms with Gasteiger partial charge in [0.05, 0.1) is 11.4 Å². The Bertz CT molecular complexity index is 936. The molecule has 3 aromatic rings. The lowest BCUT2D eigenvalue weighted by Crippen LogP contribution is -2.21. The third-order valence-electron chi connectivity index (χ3n) is 4.68. The molecule has 0 bridgehead atoms. The molecule has 3 rings (SSSR count). The molecule has 0 fully saturated rings. The Morgan fingerprint density at radius 1 is 1.04 bits per heavy atom. The monoisotopic (exact) mass is 350 g/mol. The maximum Gasteiger partial charge on any atom is 0.295 e. The molecule has 1 aromatic heterocycles. The van der Waals surface area contributed by atoms with E-state index in [1.54, 1.807) is 4.68 Å². The van der Waals surface area contributed by atoms with E-state index >= 15 is 0 Å². The Morgan fingerprint density at radius 2 is 1.73 bits per heavy atom. The van der Waals surface area contributed by atoms with E-state index < -0.39 is 0 Å². The largest absolute Gasteiger partial charge is 0.372 e. The lowest BCUT2D eigenvalue weighted by atomic mass is 10.1. The van der Waals surface area contributed by atoms with Gasteiger partial charge in [0.1, 0.15) is 5.69 Å². The first kappa shape index (κ1) is 17.9. The van der Waals surface area contributed by atoms with Crippen LogP contribution in [0.4, 0.5) is 17.1 Å². The predicted molar refractivity (Wildman–Crippen MR) is 109 cm³/mol. The highest BCUT2D eigenvalue weighted by Gasteiger charge is 2.14. The molecule has 136 valence electrons. The van der Waals surface area contributed by atoms with Gasteiger partial charge < -0.3 is 10.2 Å². The number of aromatic amines is 1. The van der Waals surface area contributed by atoms with Gasteiger partial charge in [-0.2, -0.15) is 0 Å². The Morgan fingerprint density at radius 3 is 2.35 bits per heavy atom. The molecular weight excluding hydrogens is 324 g/mol. The van der Waals surface area contributed by atoms with Crippen molar-refractivity contribution < 1.29 is 0 Å². The zero-order chi connectivity index (χ0) is 18.7. The van der Waals surface area contributed by atoms with Crippen molar-refractivity contribution >= 4 is 17.1 Å². The summed E-state index contributed by atoms with van der Waals surface area (Å²) in [6, 6.07) is 15.9. The van der Waals surface area contributed by atoms with Gasteiger partial charge in [-0.1, -0.05) is 18.2 Å². The number of aromatic nitrogens is 2. The van der Waals surface area contributed by atoms with Crippen LogP contribution >= 0.6 is 0 Å². The summed E-state index contributed by atoms with van der Waals surface area (Å²) in [5.74, 6) is 0. The second-order valence-electron chi connectivity index (χ2n) is 6.38. The van der Waals surface area contributed by atoms with Crippen molar-refractivity contribution in [3.05, 3.63) is 70.1 Å². The molecule has 2 N–H and O–H groups in total. The van der Waals surface area contributed by atoms with Crippen molar-refractivity contribution in [3.8, 4) is 5.69 Å². The normalized spacial score (nSPS) is 10.8. The van der Waals surface area contributed by atoms with Crippen molar-refractivity contribution in [3.63, 3.8) is 0 Å². The topological polar surface area (TPSA) is 53.1 Å². The van der Waals surface area contributed by atoms with E-state index in [0.29, 0.717) is 5.69 Å². The molecular formula is C21H26N4O. The minimum atomic E-state index is -0.0825. The van der Waals surface area contributed by atoms with Gasteiger partial charge in [0.2, 0.25) is 0 Å². The number of H-pyrrole nitrogens is 1. The molecule has 0 radical (unpaired) electrons. The molecule has 1 heterocycles. The zero-order valence-corrected chi connectivity index (χ0v) is 15.8. The van der Waals surface area contributed by atoms with Crippen LogP contribution in [0.3, 0.4) is 0 Å². The number of rotatable bonds is 6. The molecule has 0 aliphatic heterocycles. The van der Waals surface area contributed by atoms with Crippen molar-refractivity contribution in [1.82, 2.24) is 9.78 Å². The molecule has 0 amide bonds. The van der Waals surface area contributed by atoms with E-state index in [2.05, 4.69) is 48.2 Å². The molecule has 0 spiro atoms. The number of nitrogens with zero attached hydrogens (tertiary/aromatic N) is 2. The van der Waals surface area contributed by atoms with E-state index in [0.717, 1.165) is 35.7 Å². The highest BCUT2D eigenvalue weighted by molar-refractivity contribution is 5.68. The number of para-hydroxylation sites is 1. The second-order valence-corrected chi connectivity index (χ2v) is 6.38. The Labute approximate surface area is 154 Å². The SMILES string of the molecule is CCN(CC)c1ccc(Nc2c(C)[nH]n(-c3ccccc3)c2=O)c(C)c1. The molecule has 0 aliphatic carbocycles. The maximum atomic E-state index is 12.8. The molecule has 0 aliphatic rings. The van der Waals surface area contributed by atoms with Crippen LogP contribution in [0.5, 0.6) is 0 Å².